The van der Waals surface area contributed by atoms with E-state index in [0.29, 0.717) is 0 Å². The molecule has 0 saturated heterocycles. The summed E-state index contributed by atoms with van der Waals surface area (Å²) in [4.78, 5) is 1.90. The molecule has 0 unspecified atom stereocenters. The zero-order valence-electron chi connectivity index (χ0n) is 17.0. The second-order valence-electron chi connectivity index (χ2n) is 6.71. The predicted octanol–water partition coefficient (Wildman–Crippen LogP) is 2.88. The molecule has 0 fully saturated rings. The van der Waals surface area contributed by atoms with Gasteiger partial charge >= 0.3 is 0 Å². The van der Waals surface area contributed by atoms with Gasteiger partial charge in [-0.1, -0.05) is 29.5 Å². The van der Waals surface area contributed by atoms with E-state index in [1.165, 1.54) is 17.8 Å². The van der Waals surface area contributed by atoms with Gasteiger partial charge in [-0.05, 0) is 43.3 Å². The van der Waals surface area contributed by atoms with E-state index in [9.17, 15) is 13.0 Å². The van der Waals surface area contributed by atoms with Gasteiger partial charge < -0.3 is 9.45 Å². The molecule has 0 aliphatic heterocycles. The summed E-state index contributed by atoms with van der Waals surface area (Å²) in [5.41, 5.74) is 4.18. The molecule has 1 heterocycles. The molecule has 0 N–H and O–H groups in total. The van der Waals surface area contributed by atoms with E-state index in [1.54, 1.807) is 12.1 Å². The Balaban J connectivity index is 0.000000234. The van der Waals surface area contributed by atoms with E-state index in [1.807, 2.05) is 69.3 Å². The van der Waals surface area contributed by atoms with Gasteiger partial charge in [0.15, 0.2) is 12.4 Å². The van der Waals surface area contributed by atoms with E-state index in [0.717, 1.165) is 16.7 Å². The van der Waals surface area contributed by atoms with Crippen molar-refractivity contribution in [2.45, 2.75) is 11.8 Å². The van der Waals surface area contributed by atoms with Crippen LogP contribution < -0.4 is 9.47 Å². The first-order valence-electron chi connectivity index (χ1n) is 8.92. The molecular weight excluding hydrogens is 384 g/mol. The molecule has 3 aromatic rings. The molecule has 0 saturated carbocycles. The smallest absolute Gasteiger partial charge is 0.169 e. The highest BCUT2D eigenvalue weighted by molar-refractivity contribution is 7.85. The Hall–Kier alpha value is -3.14. The van der Waals surface area contributed by atoms with Crippen LogP contribution in [0.3, 0.4) is 0 Å². The van der Waals surface area contributed by atoms with Crippen LogP contribution in [-0.2, 0) is 17.2 Å². The summed E-state index contributed by atoms with van der Waals surface area (Å²) in [6.07, 6.45) is 4.00. The zero-order valence-corrected chi connectivity index (χ0v) is 17.8. The van der Waals surface area contributed by atoms with E-state index in [-0.39, 0.29) is 4.90 Å². The van der Waals surface area contributed by atoms with Crippen LogP contribution in [0.4, 0.5) is 5.69 Å². The van der Waals surface area contributed by atoms with Crippen LogP contribution >= 0.6 is 0 Å². The summed E-state index contributed by atoms with van der Waals surface area (Å²) in [6, 6.07) is 18.1. The molecule has 0 aliphatic rings. The number of aromatic nitrogens is 1. The number of anilines is 1. The van der Waals surface area contributed by atoms with Crippen LogP contribution in [0.15, 0.2) is 78.0 Å². The molecule has 0 bridgehead atoms. The maximum atomic E-state index is 10.4. The van der Waals surface area contributed by atoms with Crippen molar-refractivity contribution in [3.05, 3.63) is 89.7 Å². The first-order chi connectivity index (χ1) is 13.6. The SMILES string of the molecule is CN(C)c1ccc(C#Cc2cc[n+](C)cc2)cc1.Cc1ccc(S(=O)(=O)[O-])cc1. The van der Waals surface area contributed by atoms with Gasteiger partial charge in [-0.25, -0.2) is 13.0 Å². The quantitative estimate of drug-likeness (QED) is 0.372. The number of nitrogens with zero attached hydrogens (tertiary/aromatic N) is 2. The van der Waals surface area contributed by atoms with E-state index < -0.39 is 10.1 Å². The Labute approximate surface area is 173 Å². The molecule has 3 rings (SSSR count). The summed E-state index contributed by atoms with van der Waals surface area (Å²) in [6.45, 7) is 1.82. The fourth-order valence-electron chi connectivity index (χ4n) is 2.28. The van der Waals surface area contributed by atoms with Gasteiger partial charge in [0.25, 0.3) is 0 Å². The van der Waals surface area contributed by atoms with Crippen molar-refractivity contribution in [1.82, 2.24) is 0 Å². The van der Waals surface area contributed by atoms with Gasteiger partial charge in [0, 0.05) is 43.0 Å². The molecule has 6 heteroatoms. The van der Waals surface area contributed by atoms with Gasteiger partial charge in [-0.3, -0.25) is 0 Å². The van der Waals surface area contributed by atoms with E-state index in [2.05, 4.69) is 28.9 Å². The van der Waals surface area contributed by atoms with Crippen molar-refractivity contribution in [2.24, 2.45) is 7.05 Å². The molecule has 150 valence electrons. The maximum absolute atomic E-state index is 10.4. The summed E-state index contributed by atoms with van der Waals surface area (Å²) in [5.74, 6) is 6.33. The maximum Gasteiger partial charge on any atom is 0.169 e. The molecule has 0 aliphatic carbocycles. The first-order valence-corrected chi connectivity index (χ1v) is 10.3. The number of hydrogen-bond acceptors (Lipinski definition) is 4. The van der Waals surface area contributed by atoms with Gasteiger partial charge in [0.2, 0.25) is 0 Å². The highest BCUT2D eigenvalue weighted by Crippen LogP contribution is 2.11. The second kappa shape index (κ2) is 9.87. The van der Waals surface area contributed by atoms with Crippen molar-refractivity contribution in [3.8, 4) is 11.8 Å². The van der Waals surface area contributed by atoms with Crippen LogP contribution in [-0.4, -0.2) is 27.1 Å². The van der Waals surface area contributed by atoms with Gasteiger partial charge in [-0.15, -0.1) is 0 Å². The topological polar surface area (TPSA) is 64.3 Å². The van der Waals surface area contributed by atoms with Crippen LogP contribution in [0.2, 0.25) is 0 Å². The van der Waals surface area contributed by atoms with Crippen molar-refractivity contribution in [2.75, 3.05) is 19.0 Å². The van der Waals surface area contributed by atoms with Crippen LogP contribution in [0.25, 0.3) is 0 Å². The van der Waals surface area contributed by atoms with Crippen LogP contribution in [0.1, 0.15) is 16.7 Å². The highest BCUT2D eigenvalue weighted by Gasteiger charge is 1.98. The number of pyridine rings is 1. The van der Waals surface area contributed by atoms with Crippen molar-refractivity contribution in [3.63, 3.8) is 0 Å². The minimum atomic E-state index is -4.27. The highest BCUT2D eigenvalue weighted by atomic mass is 32.2. The summed E-state index contributed by atoms with van der Waals surface area (Å²) < 4.78 is 33.2. The van der Waals surface area contributed by atoms with Gasteiger partial charge in [-0.2, -0.15) is 0 Å². The Morgan fingerprint density at radius 1 is 0.828 bits per heavy atom. The molecule has 2 aromatic carbocycles. The summed E-state index contributed by atoms with van der Waals surface area (Å²) in [5, 5.41) is 0. The van der Waals surface area contributed by atoms with E-state index in [4.69, 9.17) is 0 Å². The predicted molar refractivity (Wildman–Crippen MR) is 114 cm³/mol. The second-order valence-corrected chi connectivity index (χ2v) is 8.09. The summed E-state index contributed by atoms with van der Waals surface area (Å²) in [7, 11) is 1.79. The molecular formula is C23H24N2O3S. The minimum Gasteiger partial charge on any atom is -0.744 e. The molecule has 29 heavy (non-hydrogen) atoms. The number of aryl methyl sites for hydroxylation is 2. The molecule has 0 radical (unpaired) electrons. The molecule has 0 amide bonds. The Bertz CT molecular complexity index is 1090. The van der Waals surface area contributed by atoms with Crippen molar-refractivity contribution < 1.29 is 17.5 Å². The molecule has 1 aromatic heterocycles. The third kappa shape index (κ3) is 7.41. The molecule has 0 spiro atoms. The van der Waals surface area contributed by atoms with Crippen molar-refractivity contribution in [1.29, 1.82) is 0 Å². The van der Waals surface area contributed by atoms with Crippen LogP contribution in [0.5, 0.6) is 0 Å². The lowest BCUT2D eigenvalue weighted by atomic mass is 10.2. The van der Waals surface area contributed by atoms with Gasteiger partial charge in [0.05, 0.1) is 4.90 Å². The standard InChI is InChI=1S/C16H17N2.C7H8O3S/c1-17(2)16-8-6-14(7-9-16)4-5-15-10-12-18(3)13-11-15;1-6-2-4-7(5-3-6)11(8,9)10/h6-13H,1-3H3;2-5H,1H3,(H,8,9,10)/q+1;/p-1. The van der Waals surface area contributed by atoms with E-state index >= 15 is 0 Å². The fourth-order valence-corrected chi connectivity index (χ4v) is 2.75. The molecule has 0 atom stereocenters. The largest absolute Gasteiger partial charge is 0.744 e. The van der Waals surface area contributed by atoms with Crippen molar-refractivity contribution >= 4 is 15.8 Å². The minimum absolute atomic E-state index is 0.178. The zero-order chi connectivity index (χ0) is 21.4. The average molecular weight is 409 g/mol. The first kappa shape index (κ1) is 22.2. The lowest BCUT2D eigenvalue weighted by molar-refractivity contribution is -0.671. The number of hydrogen-bond donors (Lipinski definition) is 0. The lowest BCUT2D eigenvalue weighted by Crippen LogP contribution is -2.25. The Morgan fingerprint density at radius 2 is 1.31 bits per heavy atom. The Kier molecular flexibility index (Phi) is 7.54. The van der Waals surface area contributed by atoms with Gasteiger partial charge in [0.1, 0.15) is 17.2 Å². The average Bonchev–Trinajstić information content (AvgIpc) is 2.68. The molecule has 5 nitrogen and oxygen atoms in total. The monoisotopic (exact) mass is 408 g/mol. The number of benzene rings is 2. The third-order valence-corrected chi connectivity index (χ3v) is 4.87. The number of rotatable bonds is 2. The Morgan fingerprint density at radius 3 is 1.76 bits per heavy atom. The third-order valence-electron chi connectivity index (χ3n) is 4.02. The fraction of sp³-hybridized carbons (Fsp3) is 0.174. The summed E-state index contributed by atoms with van der Waals surface area (Å²) >= 11 is 0. The lowest BCUT2D eigenvalue weighted by Gasteiger charge is -2.11. The van der Waals surface area contributed by atoms with Crippen LogP contribution in [0, 0.1) is 18.8 Å². The normalized spacial score (nSPS) is 10.2.